The highest BCUT2D eigenvalue weighted by molar-refractivity contribution is 7.99. The second-order valence-corrected chi connectivity index (χ2v) is 9.41. The predicted molar refractivity (Wildman–Crippen MR) is 106 cm³/mol. The van der Waals surface area contributed by atoms with Crippen molar-refractivity contribution in [3.63, 3.8) is 0 Å². The summed E-state index contributed by atoms with van der Waals surface area (Å²) in [5.41, 5.74) is 9.71. The third kappa shape index (κ3) is 2.81. The first-order valence-electron chi connectivity index (χ1n) is 9.81. The van der Waals surface area contributed by atoms with Crippen molar-refractivity contribution < 1.29 is 0 Å². The first-order chi connectivity index (χ1) is 12.7. The summed E-state index contributed by atoms with van der Waals surface area (Å²) in [6.07, 6.45) is 11.3. The second kappa shape index (κ2) is 6.54. The quantitative estimate of drug-likeness (QED) is 0.891. The molecule has 1 saturated carbocycles. The summed E-state index contributed by atoms with van der Waals surface area (Å²) in [6, 6.07) is 8.89. The number of piperidine rings is 1. The van der Waals surface area contributed by atoms with Gasteiger partial charge in [-0.2, -0.15) is 0 Å². The van der Waals surface area contributed by atoms with Gasteiger partial charge in [0.1, 0.15) is 10.8 Å². The zero-order valence-corrected chi connectivity index (χ0v) is 15.9. The molecule has 0 amide bonds. The zero-order valence-electron chi connectivity index (χ0n) is 15.1. The van der Waals surface area contributed by atoms with Crippen molar-refractivity contribution in [2.24, 2.45) is 11.1 Å². The molecular weight excluding hydrogens is 340 g/mol. The maximum Gasteiger partial charge on any atom is 0.147 e. The van der Waals surface area contributed by atoms with Crippen molar-refractivity contribution in [1.82, 2.24) is 9.97 Å². The van der Waals surface area contributed by atoms with Crippen LogP contribution in [-0.2, 0) is 6.42 Å². The van der Waals surface area contributed by atoms with Crippen LogP contribution in [-0.4, -0.2) is 28.3 Å². The van der Waals surface area contributed by atoms with Crippen LogP contribution in [0.4, 0.5) is 5.82 Å². The van der Waals surface area contributed by atoms with E-state index in [4.69, 9.17) is 10.7 Å². The Balaban J connectivity index is 1.25. The lowest BCUT2D eigenvalue weighted by atomic mass is 9.73. The lowest BCUT2D eigenvalue weighted by Crippen LogP contribution is -2.44. The topological polar surface area (TPSA) is 55.0 Å². The minimum Gasteiger partial charge on any atom is -0.355 e. The molecule has 1 saturated heterocycles. The van der Waals surface area contributed by atoms with E-state index in [0.29, 0.717) is 0 Å². The average molecular weight is 367 g/mol. The highest BCUT2D eigenvalue weighted by Crippen LogP contribution is 2.50. The molecule has 0 unspecified atom stereocenters. The lowest BCUT2D eigenvalue weighted by molar-refractivity contribution is 0.187. The molecule has 1 aromatic carbocycles. The number of aromatic nitrogens is 2. The first kappa shape index (κ1) is 16.6. The molecule has 2 N–H and O–H groups in total. The van der Waals surface area contributed by atoms with E-state index in [0.717, 1.165) is 48.4 Å². The summed E-state index contributed by atoms with van der Waals surface area (Å²) in [6.45, 7) is 2.04. The van der Waals surface area contributed by atoms with E-state index < -0.39 is 0 Å². The highest BCUT2D eigenvalue weighted by Gasteiger charge is 2.45. The van der Waals surface area contributed by atoms with Crippen molar-refractivity contribution in [2.45, 2.75) is 54.8 Å². The Morgan fingerprint density at radius 3 is 2.54 bits per heavy atom. The van der Waals surface area contributed by atoms with Gasteiger partial charge in [0.2, 0.25) is 0 Å². The smallest absolute Gasteiger partial charge is 0.147 e. The minimum absolute atomic E-state index is 0.174. The average Bonchev–Trinajstić information content (AvgIpc) is 2.92. The molecule has 2 aromatic rings. The van der Waals surface area contributed by atoms with E-state index in [9.17, 15) is 0 Å². The van der Waals surface area contributed by atoms with Crippen LogP contribution in [0.5, 0.6) is 0 Å². The number of hydrogen-bond acceptors (Lipinski definition) is 5. The maximum absolute atomic E-state index is 6.68. The van der Waals surface area contributed by atoms with Crippen molar-refractivity contribution in [1.29, 1.82) is 0 Å². The molecule has 26 heavy (non-hydrogen) atoms. The van der Waals surface area contributed by atoms with Crippen LogP contribution in [0, 0.1) is 5.41 Å². The van der Waals surface area contributed by atoms with Gasteiger partial charge in [0.05, 0.1) is 12.4 Å². The number of benzene rings is 1. The number of nitrogens with two attached hydrogens (primary N) is 1. The molecule has 2 fully saturated rings. The summed E-state index contributed by atoms with van der Waals surface area (Å²) in [5, 5.41) is 1.83. The molecule has 3 aliphatic rings. The first-order valence-corrected chi connectivity index (χ1v) is 10.7. The Hall–Kier alpha value is -1.59. The molecule has 5 rings (SSSR count). The largest absolute Gasteiger partial charge is 0.355 e. The Bertz CT molecular complexity index is 779. The molecule has 0 radical (unpaired) electrons. The molecule has 1 aromatic heterocycles. The second-order valence-electron chi connectivity index (χ2n) is 8.09. The number of fused-ring (bicyclic) bond motifs is 1. The number of anilines is 1. The Morgan fingerprint density at radius 2 is 1.88 bits per heavy atom. The van der Waals surface area contributed by atoms with Gasteiger partial charge in [-0.25, -0.2) is 9.97 Å². The Morgan fingerprint density at radius 1 is 1.08 bits per heavy atom. The van der Waals surface area contributed by atoms with E-state index in [1.165, 1.54) is 30.4 Å². The lowest BCUT2D eigenvalue weighted by Gasteiger charge is -2.42. The number of nitrogens with zero attached hydrogens (tertiary/aromatic N) is 3. The number of rotatable bonds is 3. The SMILES string of the molecule is N[C@@H]1c2ccccc2CC12CCN(c1cnc(SC3CCC3)cn1)CC2. The van der Waals surface area contributed by atoms with E-state index in [2.05, 4.69) is 34.1 Å². The zero-order chi connectivity index (χ0) is 17.6. The molecule has 1 spiro atoms. The van der Waals surface area contributed by atoms with Crippen LogP contribution in [0.3, 0.4) is 0 Å². The number of hydrogen-bond donors (Lipinski definition) is 1. The molecule has 0 bridgehead atoms. The van der Waals surface area contributed by atoms with E-state index in [1.54, 1.807) is 0 Å². The molecule has 2 aliphatic carbocycles. The molecular formula is C21H26N4S. The summed E-state index contributed by atoms with van der Waals surface area (Å²) < 4.78 is 0. The third-order valence-corrected chi connectivity index (χ3v) is 7.89. The van der Waals surface area contributed by atoms with Gasteiger partial charge in [0.25, 0.3) is 0 Å². The van der Waals surface area contributed by atoms with Gasteiger partial charge in [-0.05, 0) is 48.6 Å². The van der Waals surface area contributed by atoms with Crippen LogP contribution >= 0.6 is 11.8 Å². The number of thioether (sulfide) groups is 1. The van der Waals surface area contributed by atoms with Gasteiger partial charge in [-0.15, -0.1) is 11.8 Å². The van der Waals surface area contributed by atoms with Crippen LogP contribution in [0.2, 0.25) is 0 Å². The predicted octanol–water partition coefficient (Wildman–Crippen LogP) is 3.96. The van der Waals surface area contributed by atoms with E-state index in [-0.39, 0.29) is 11.5 Å². The van der Waals surface area contributed by atoms with Crippen LogP contribution in [0.25, 0.3) is 0 Å². The van der Waals surface area contributed by atoms with Gasteiger partial charge in [0.15, 0.2) is 0 Å². The van der Waals surface area contributed by atoms with E-state index in [1.807, 2.05) is 24.2 Å². The molecule has 1 atom stereocenters. The van der Waals surface area contributed by atoms with E-state index >= 15 is 0 Å². The molecule has 2 heterocycles. The normalized spacial score (nSPS) is 24.5. The fraction of sp³-hybridized carbons (Fsp3) is 0.524. The molecule has 4 nitrogen and oxygen atoms in total. The van der Waals surface area contributed by atoms with Crippen molar-refractivity contribution in [3.05, 3.63) is 47.8 Å². The van der Waals surface area contributed by atoms with Gasteiger partial charge < -0.3 is 10.6 Å². The minimum atomic E-state index is 0.174. The van der Waals surface area contributed by atoms with Crippen molar-refractivity contribution in [3.8, 4) is 0 Å². The van der Waals surface area contributed by atoms with Crippen LogP contribution in [0.1, 0.15) is 49.3 Å². The molecule has 1 aliphatic heterocycles. The summed E-state index contributed by atoms with van der Waals surface area (Å²) >= 11 is 1.89. The Kier molecular flexibility index (Phi) is 4.17. The van der Waals surface area contributed by atoms with Gasteiger partial charge in [-0.3, -0.25) is 0 Å². The van der Waals surface area contributed by atoms with Crippen LogP contribution in [0.15, 0.2) is 41.7 Å². The standard InChI is InChI=1S/C21H26N4S/c22-20-17-7-2-1-4-15(17)12-21(20)8-10-25(11-9-21)18-13-24-19(14-23-18)26-16-5-3-6-16/h1-2,4,7,13-14,16,20H,3,5-6,8-12,22H2/t20-/m1/s1. The maximum atomic E-state index is 6.68. The fourth-order valence-corrected chi connectivity index (χ4v) is 5.82. The molecule has 136 valence electrons. The summed E-state index contributed by atoms with van der Waals surface area (Å²) in [4.78, 5) is 11.7. The van der Waals surface area contributed by atoms with Gasteiger partial charge in [0, 0.05) is 24.4 Å². The van der Waals surface area contributed by atoms with Crippen molar-refractivity contribution in [2.75, 3.05) is 18.0 Å². The summed E-state index contributed by atoms with van der Waals surface area (Å²) in [5.74, 6) is 1.02. The Labute approximate surface area is 159 Å². The van der Waals surface area contributed by atoms with Gasteiger partial charge in [-0.1, -0.05) is 30.7 Å². The van der Waals surface area contributed by atoms with Crippen molar-refractivity contribution >= 4 is 17.6 Å². The third-order valence-electron chi connectivity index (χ3n) is 6.63. The van der Waals surface area contributed by atoms with Crippen LogP contribution < -0.4 is 10.6 Å². The monoisotopic (exact) mass is 366 g/mol. The van der Waals surface area contributed by atoms with Gasteiger partial charge >= 0.3 is 0 Å². The highest BCUT2D eigenvalue weighted by atomic mass is 32.2. The summed E-state index contributed by atoms with van der Waals surface area (Å²) in [7, 11) is 0. The fourth-order valence-electron chi connectivity index (χ4n) is 4.68. The molecule has 5 heteroatoms.